The quantitative estimate of drug-likeness (QED) is 0.777. The summed E-state index contributed by atoms with van der Waals surface area (Å²) in [5.41, 5.74) is 1.15. The predicted octanol–water partition coefficient (Wildman–Crippen LogP) is 2.39. The molecule has 29 heavy (non-hydrogen) atoms. The van der Waals surface area contributed by atoms with Gasteiger partial charge in [0.15, 0.2) is 11.0 Å². The topological polar surface area (TPSA) is 108 Å². The van der Waals surface area contributed by atoms with Gasteiger partial charge in [0.2, 0.25) is 0 Å². The summed E-state index contributed by atoms with van der Waals surface area (Å²) in [6.45, 7) is 2.47. The van der Waals surface area contributed by atoms with Gasteiger partial charge in [-0.05, 0) is 24.5 Å². The van der Waals surface area contributed by atoms with E-state index in [4.69, 9.17) is 16.3 Å². The third-order valence-electron chi connectivity index (χ3n) is 5.22. The highest BCUT2D eigenvalue weighted by molar-refractivity contribution is 7.87. The van der Waals surface area contributed by atoms with Crippen molar-refractivity contribution in [2.24, 2.45) is 5.92 Å². The van der Waals surface area contributed by atoms with Gasteiger partial charge in [-0.15, -0.1) is 0 Å². The van der Waals surface area contributed by atoms with Gasteiger partial charge in [-0.1, -0.05) is 18.5 Å². The first kappa shape index (κ1) is 20.0. The van der Waals surface area contributed by atoms with Gasteiger partial charge in [0.25, 0.3) is 0 Å². The number of carbonyl (C=O) groups excluding carboxylic acids is 1. The van der Waals surface area contributed by atoms with Crippen LogP contribution in [0.15, 0.2) is 18.3 Å². The molecular weight excluding hydrogens is 425 g/mol. The number of cyclic esters (lactones) is 1. The van der Waals surface area contributed by atoms with Crippen molar-refractivity contribution < 1.29 is 22.3 Å². The fourth-order valence-electron chi connectivity index (χ4n) is 3.72. The lowest BCUT2D eigenvalue weighted by Gasteiger charge is -2.36. The van der Waals surface area contributed by atoms with Gasteiger partial charge in [-0.3, -0.25) is 0 Å². The Morgan fingerprint density at radius 1 is 1.34 bits per heavy atom. The van der Waals surface area contributed by atoms with Crippen molar-refractivity contribution in [1.29, 1.82) is 0 Å². The first-order valence-electron chi connectivity index (χ1n) is 9.09. The lowest BCUT2D eigenvalue weighted by Crippen LogP contribution is -2.49. The largest absolute Gasteiger partial charge is 0.447 e. The normalized spacial score (nSPS) is 23.4. The van der Waals surface area contributed by atoms with E-state index >= 15 is 0 Å². The minimum absolute atomic E-state index is 0.0237. The number of amides is 1. The average Bonchev–Trinajstić information content (AvgIpc) is 3.28. The SMILES string of the molecule is C[C@H]1CN(S(=O)(=O)N2CCOC2=O)CC[C@H]1c1[nH]c(-c2ccc(F)cn2)nc1Cl. The van der Waals surface area contributed by atoms with Crippen molar-refractivity contribution >= 4 is 27.9 Å². The fraction of sp³-hybridized carbons (Fsp3) is 0.471. The van der Waals surface area contributed by atoms with Crippen LogP contribution < -0.4 is 0 Å². The van der Waals surface area contributed by atoms with Crippen LogP contribution in [-0.4, -0.2) is 64.3 Å². The molecule has 0 unspecified atom stereocenters. The van der Waals surface area contributed by atoms with Gasteiger partial charge in [0.1, 0.15) is 18.1 Å². The minimum atomic E-state index is -3.91. The zero-order chi connectivity index (χ0) is 20.8. The molecule has 2 aromatic heterocycles. The molecule has 0 bridgehead atoms. The Morgan fingerprint density at radius 2 is 2.14 bits per heavy atom. The average molecular weight is 444 g/mol. The first-order valence-corrected chi connectivity index (χ1v) is 10.9. The number of rotatable bonds is 4. The van der Waals surface area contributed by atoms with E-state index in [2.05, 4.69) is 15.0 Å². The Morgan fingerprint density at radius 3 is 2.76 bits per heavy atom. The molecule has 2 aromatic rings. The molecule has 0 spiro atoms. The minimum Gasteiger partial charge on any atom is -0.447 e. The molecule has 4 heterocycles. The summed E-state index contributed by atoms with van der Waals surface area (Å²) in [4.78, 5) is 23.1. The standard InChI is InChI=1S/C17H19ClFN5O4S/c1-10-9-23(29(26,27)24-6-7-28-17(24)25)5-4-12(10)14-15(18)22-16(21-14)13-3-2-11(19)8-20-13/h2-3,8,10,12H,4-7,9H2,1H3,(H,21,22)/t10-,12+/m0/s1. The Hall–Kier alpha value is -2.24. The van der Waals surface area contributed by atoms with Crippen LogP contribution in [0.2, 0.25) is 5.15 Å². The van der Waals surface area contributed by atoms with E-state index in [0.717, 1.165) is 10.5 Å². The zero-order valence-corrected chi connectivity index (χ0v) is 17.1. The third kappa shape index (κ3) is 3.69. The Bertz CT molecular complexity index is 1030. The van der Waals surface area contributed by atoms with Gasteiger partial charge in [-0.25, -0.2) is 19.2 Å². The second-order valence-corrected chi connectivity index (χ2v) is 9.29. The maximum absolute atomic E-state index is 13.1. The fourth-order valence-corrected chi connectivity index (χ4v) is 5.58. The molecule has 2 atom stereocenters. The highest BCUT2D eigenvalue weighted by Crippen LogP contribution is 2.37. The number of nitrogens with one attached hydrogen (secondary N) is 1. The van der Waals surface area contributed by atoms with Crippen molar-refractivity contribution in [3.05, 3.63) is 35.0 Å². The van der Waals surface area contributed by atoms with E-state index in [9.17, 15) is 17.6 Å². The Balaban J connectivity index is 1.52. The van der Waals surface area contributed by atoms with Crippen molar-refractivity contribution in [1.82, 2.24) is 23.6 Å². The Kier molecular flexibility index (Phi) is 5.21. The molecule has 2 saturated heterocycles. The molecule has 2 aliphatic rings. The van der Waals surface area contributed by atoms with E-state index in [-0.39, 0.29) is 43.2 Å². The number of piperidine rings is 1. The van der Waals surface area contributed by atoms with Crippen LogP contribution in [-0.2, 0) is 14.9 Å². The van der Waals surface area contributed by atoms with Gasteiger partial charge >= 0.3 is 16.3 Å². The maximum Gasteiger partial charge on any atom is 0.424 e. The van der Waals surface area contributed by atoms with Crippen LogP contribution in [0.4, 0.5) is 9.18 Å². The van der Waals surface area contributed by atoms with Crippen LogP contribution >= 0.6 is 11.6 Å². The van der Waals surface area contributed by atoms with Gasteiger partial charge in [0.05, 0.1) is 18.4 Å². The number of H-pyrrole nitrogens is 1. The molecule has 2 aliphatic heterocycles. The van der Waals surface area contributed by atoms with E-state index in [0.29, 0.717) is 23.6 Å². The molecule has 2 fully saturated rings. The number of aromatic nitrogens is 3. The van der Waals surface area contributed by atoms with E-state index < -0.39 is 22.1 Å². The number of aromatic amines is 1. The molecule has 0 aliphatic carbocycles. The zero-order valence-electron chi connectivity index (χ0n) is 15.5. The summed E-state index contributed by atoms with van der Waals surface area (Å²) in [6, 6.07) is 2.79. The summed E-state index contributed by atoms with van der Waals surface area (Å²) in [5, 5.41) is 0.280. The summed E-state index contributed by atoms with van der Waals surface area (Å²) in [7, 11) is -3.91. The van der Waals surface area contributed by atoms with Gasteiger partial charge in [-0.2, -0.15) is 17.0 Å². The van der Waals surface area contributed by atoms with Crippen LogP contribution in [0.3, 0.4) is 0 Å². The number of imidazole rings is 1. The van der Waals surface area contributed by atoms with Crippen LogP contribution in [0.5, 0.6) is 0 Å². The van der Waals surface area contributed by atoms with Crippen molar-refractivity contribution in [2.75, 3.05) is 26.2 Å². The number of ether oxygens (including phenoxy) is 1. The smallest absolute Gasteiger partial charge is 0.424 e. The van der Waals surface area contributed by atoms with Crippen molar-refractivity contribution in [2.45, 2.75) is 19.3 Å². The number of hydrogen-bond donors (Lipinski definition) is 1. The summed E-state index contributed by atoms with van der Waals surface area (Å²) in [5.74, 6) is -0.159. The van der Waals surface area contributed by atoms with E-state index in [1.54, 1.807) is 0 Å². The van der Waals surface area contributed by atoms with Crippen molar-refractivity contribution in [3.8, 4) is 11.5 Å². The lowest BCUT2D eigenvalue weighted by atomic mass is 9.86. The number of halogens is 2. The molecule has 4 rings (SSSR count). The van der Waals surface area contributed by atoms with Gasteiger partial charge < -0.3 is 9.72 Å². The molecule has 1 amide bonds. The van der Waals surface area contributed by atoms with Crippen LogP contribution in [0, 0.1) is 11.7 Å². The summed E-state index contributed by atoms with van der Waals surface area (Å²) < 4.78 is 45.4. The lowest BCUT2D eigenvalue weighted by molar-refractivity contribution is 0.167. The monoisotopic (exact) mass is 443 g/mol. The molecule has 0 aromatic carbocycles. The second kappa shape index (κ2) is 7.54. The number of nitrogens with zero attached hydrogens (tertiary/aromatic N) is 4. The molecule has 0 radical (unpaired) electrons. The van der Waals surface area contributed by atoms with Gasteiger partial charge in [0, 0.05) is 19.0 Å². The van der Waals surface area contributed by atoms with Crippen molar-refractivity contribution in [3.63, 3.8) is 0 Å². The molecule has 1 N–H and O–H groups in total. The van der Waals surface area contributed by atoms with E-state index in [1.807, 2.05) is 6.92 Å². The Labute approximate surface area is 172 Å². The molecule has 0 saturated carbocycles. The van der Waals surface area contributed by atoms with Crippen LogP contribution in [0.1, 0.15) is 25.0 Å². The predicted molar refractivity (Wildman–Crippen MR) is 102 cm³/mol. The highest BCUT2D eigenvalue weighted by atomic mass is 35.5. The molecular formula is C17H19ClFN5O4S. The molecule has 12 heteroatoms. The number of pyridine rings is 1. The number of carbonyl (C=O) groups is 1. The third-order valence-corrected chi connectivity index (χ3v) is 7.38. The second-order valence-electron chi connectivity index (χ2n) is 7.08. The maximum atomic E-state index is 13.1. The summed E-state index contributed by atoms with van der Waals surface area (Å²) in [6.07, 6.45) is 0.759. The number of hydrogen-bond acceptors (Lipinski definition) is 6. The van der Waals surface area contributed by atoms with E-state index in [1.165, 1.54) is 16.4 Å². The highest BCUT2D eigenvalue weighted by Gasteiger charge is 2.42. The summed E-state index contributed by atoms with van der Waals surface area (Å²) >= 11 is 6.33. The molecule has 9 nitrogen and oxygen atoms in total. The molecule has 156 valence electrons. The van der Waals surface area contributed by atoms with Crippen LogP contribution in [0.25, 0.3) is 11.5 Å². The first-order chi connectivity index (χ1) is 13.8.